The van der Waals surface area contributed by atoms with E-state index in [9.17, 15) is 4.79 Å². The predicted octanol–water partition coefficient (Wildman–Crippen LogP) is 3.26. The summed E-state index contributed by atoms with van der Waals surface area (Å²) in [5, 5.41) is 3.28. The van der Waals surface area contributed by atoms with Gasteiger partial charge in [0.05, 0.1) is 13.2 Å². The second-order valence-corrected chi connectivity index (χ2v) is 6.68. The zero-order chi connectivity index (χ0) is 18.4. The Morgan fingerprint density at radius 3 is 2.38 bits per heavy atom. The highest BCUT2D eigenvalue weighted by atomic mass is 127. The number of nitrogens with one attached hydrogen (secondary N) is 1. The number of hydrogen-bond donors (Lipinski definition) is 2. The fourth-order valence-electron chi connectivity index (χ4n) is 3.30. The molecule has 26 heavy (non-hydrogen) atoms. The van der Waals surface area contributed by atoms with Crippen molar-refractivity contribution in [3.63, 3.8) is 0 Å². The SMILES string of the molecule is CCOC(=O)N1CCC(NC(N)=NCc2c(C)cc(C)cc2C)CC1.I. The lowest BCUT2D eigenvalue weighted by Gasteiger charge is -2.31. The van der Waals surface area contributed by atoms with Crippen LogP contribution in [0.3, 0.4) is 0 Å². The van der Waals surface area contributed by atoms with E-state index in [1.165, 1.54) is 22.3 Å². The van der Waals surface area contributed by atoms with Gasteiger partial charge in [-0.05, 0) is 57.2 Å². The number of rotatable bonds is 4. The van der Waals surface area contributed by atoms with Crippen molar-refractivity contribution in [2.75, 3.05) is 19.7 Å². The third kappa shape index (κ3) is 6.34. The van der Waals surface area contributed by atoms with Gasteiger partial charge in [-0.1, -0.05) is 17.7 Å². The lowest BCUT2D eigenvalue weighted by Crippen LogP contribution is -2.48. The molecule has 1 aromatic rings. The molecule has 0 atom stereocenters. The number of aryl methyl sites for hydroxylation is 3. The maximum atomic E-state index is 11.7. The van der Waals surface area contributed by atoms with Gasteiger partial charge in [0.25, 0.3) is 0 Å². The Labute approximate surface area is 173 Å². The highest BCUT2D eigenvalue weighted by Gasteiger charge is 2.23. The fraction of sp³-hybridized carbons (Fsp3) is 0.579. The molecule has 0 saturated carbocycles. The monoisotopic (exact) mass is 474 g/mol. The summed E-state index contributed by atoms with van der Waals surface area (Å²) in [7, 11) is 0. The van der Waals surface area contributed by atoms with Crippen LogP contribution in [0.4, 0.5) is 4.79 Å². The Morgan fingerprint density at radius 1 is 1.27 bits per heavy atom. The van der Waals surface area contributed by atoms with Gasteiger partial charge < -0.3 is 20.7 Å². The van der Waals surface area contributed by atoms with Gasteiger partial charge in [-0.3, -0.25) is 0 Å². The number of nitrogens with two attached hydrogens (primary N) is 1. The number of carbonyl (C=O) groups excluding carboxylic acids is 1. The number of amides is 1. The van der Waals surface area contributed by atoms with Crippen molar-refractivity contribution in [1.29, 1.82) is 0 Å². The van der Waals surface area contributed by atoms with Crippen LogP contribution in [-0.2, 0) is 11.3 Å². The number of guanidine groups is 1. The first-order chi connectivity index (χ1) is 11.9. The molecule has 0 radical (unpaired) electrons. The third-order valence-electron chi connectivity index (χ3n) is 4.62. The van der Waals surface area contributed by atoms with Crippen molar-refractivity contribution in [3.8, 4) is 0 Å². The third-order valence-corrected chi connectivity index (χ3v) is 4.62. The average molecular weight is 474 g/mol. The molecular formula is C19H31IN4O2. The summed E-state index contributed by atoms with van der Waals surface area (Å²) in [4.78, 5) is 18.0. The van der Waals surface area contributed by atoms with Crippen LogP contribution in [0.2, 0.25) is 0 Å². The van der Waals surface area contributed by atoms with E-state index in [0.717, 1.165) is 12.8 Å². The van der Waals surface area contributed by atoms with E-state index in [1.807, 2.05) is 6.92 Å². The van der Waals surface area contributed by atoms with Gasteiger partial charge in [0, 0.05) is 19.1 Å². The van der Waals surface area contributed by atoms with Gasteiger partial charge in [0.2, 0.25) is 0 Å². The lowest BCUT2D eigenvalue weighted by molar-refractivity contribution is 0.0963. The first-order valence-electron chi connectivity index (χ1n) is 8.95. The highest BCUT2D eigenvalue weighted by Crippen LogP contribution is 2.17. The molecule has 1 aliphatic heterocycles. The minimum absolute atomic E-state index is 0. The number of benzene rings is 1. The van der Waals surface area contributed by atoms with Gasteiger partial charge in [-0.2, -0.15) is 0 Å². The molecule has 0 spiro atoms. The van der Waals surface area contributed by atoms with Crippen molar-refractivity contribution in [3.05, 3.63) is 34.4 Å². The van der Waals surface area contributed by atoms with Crippen molar-refractivity contribution < 1.29 is 9.53 Å². The van der Waals surface area contributed by atoms with E-state index in [-0.39, 0.29) is 36.1 Å². The number of piperidine rings is 1. The summed E-state index contributed by atoms with van der Waals surface area (Å²) in [6, 6.07) is 4.59. The Bertz CT molecular complexity index is 617. The first kappa shape index (κ1) is 22.5. The van der Waals surface area contributed by atoms with Crippen molar-refractivity contribution in [1.82, 2.24) is 10.2 Å². The molecule has 1 fully saturated rings. The second-order valence-electron chi connectivity index (χ2n) is 6.68. The summed E-state index contributed by atoms with van der Waals surface area (Å²) in [6.07, 6.45) is 1.46. The Balaban J connectivity index is 0.00000338. The largest absolute Gasteiger partial charge is 0.450 e. The number of aliphatic imine (C=N–C) groups is 1. The van der Waals surface area contributed by atoms with Crippen LogP contribution in [0.5, 0.6) is 0 Å². The van der Waals surface area contributed by atoms with Crippen LogP contribution in [0.1, 0.15) is 42.0 Å². The molecule has 6 nitrogen and oxygen atoms in total. The maximum absolute atomic E-state index is 11.7. The molecule has 1 heterocycles. The smallest absolute Gasteiger partial charge is 0.409 e. The van der Waals surface area contributed by atoms with E-state index in [2.05, 4.69) is 43.2 Å². The number of hydrogen-bond acceptors (Lipinski definition) is 3. The molecule has 0 aromatic heterocycles. The normalized spacial score (nSPS) is 15.4. The highest BCUT2D eigenvalue weighted by molar-refractivity contribution is 14.0. The quantitative estimate of drug-likeness (QED) is 0.399. The molecule has 7 heteroatoms. The first-order valence-corrected chi connectivity index (χ1v) is 8.95. The van der Waals surface area contributed by atoms with Gasteiger partial charge >= 0.3 is 6.09 Å². The number of carbonyl (C=O) groups is 1. The standard InChI is InChI=1S/C19H30N4O2.HI/c1-5-25-19(24)23-8-6-16(7-9-23)22-18(20)21-12-17-14(3)10-13(2)11-15(17)4;/h10-11,16H,5-9,12H2,1-4H3,(H3,20,21,22);1H. The van der Waals surface area contributed by atoms with Gasteiger partial charge in [-0.25, -0.2) is 9.79 Å². The summed E-state index contributed by atoms with van der Waals surface area (Å²) in [5.74, 6) is 0.467. The average Bonchev–Trinajstić information content (AvgIpc) is 2.54. The second kappa shape index (κ2) is 10.6. The van der Waals surface area contributed by atoms with Gasteiger partial charge in [0.15, 0.2) is 5.96 Å². The molecule has 0 unspecified atom stereocenters. The molecule has 2 rings (SSSR count). The van der Waals surface area contributed by atoms with E-state index >= 15 is 0 Å². The van der Waals surface area contributed by atoms with Crippen LogP contribution in [-0.4, -0.2) is 42.7 Å². The number of nitrogens with zero attached hydrogens (tertiary/aromatic N) is 2. The fourth-order valence-corrected chi connectivity index (χ4v) is 3.30. The molecule has 1 aliphatic rings. The topological polar surface area (TPSA) is 80.0 Å². The zero-order valence-electron chi connectivity index (χ0n) is 16.2. The molecule has 1 amide bonds. The van der Waals surface area contributed by atoms with Crippen molar-refractivity contribution in [2.24, 2.45) is 10.7 Å². The molecule has 1 saturated heterocycles. The van der Waals surface area contributed by atoms with Crippen LogP contribution >= 0.6 is 24.0 Å². The molecule has 0 aliphatic carbocycles. The minimum atomic E-state index is -0.229. The summed E-state index contributed by atoms with van der Waals surface area (Å²) in [5.41, 5.74) is 11.0. The summed E-state index contributed by atoms with van der Waals surface area (Å²) < 4.78 is 5.03. The lowest BCUT2D eigenvalue weighted by atomic mass is 10.00. The van der Waals surface area contributed by atoms with Crippen LogP contribution in [0.15, 0.2) is 17.1 Å². The van der Waals surface area contributed by atoms with Crippen LogP contribution in [0.25, 0.3) is 0 Å². The minimum Gasteiger partial charge on any atom is -0.450 e. The molecule has 1 aromatic carbocycles. The number of ether oxygens (including phenoxy) is 1. The Kier molecular flexibility index (Phi) is 9.18. The van der Waals surface area contributed by atoms with E-state index < -0.39 is 0 Å². The molecular weight excluding hydrogens is 443 g/mol. The summed E-state index contributed by atoms with van der Waals surface area (Å²) >= 11 is 0. The molecule has 3 N–H and O–H groups in total. The zero-order valence-corrected chi connectivity index (χ0v) is 18.5. The van der Waals surface area contributed by atoms with Gasteiger partial charge in [0.1, 0.15) is 0 Å². The van der Waals surface area contributed by atoms with Crippen molar-refractivity contribution in [2.45, 2.75) is 53.1 Å². The van der Waals surface area contributed by atoms with Crippen molar-refractivity contribution >= 4 is 36.0 Å². The Hall–Kier alpha value is -1.51. The van der Waals surface area contributed by atoms with E-state index in [1.54, 1.807) is 4.90 Å². The van der Waals surface area contributed by atoms with Crippen LogP contribution < -0.4 is 11.1 Å². The van der Waals surface area contributed by atoms with Gasteiger partial charge in [-0.15, -0.1) is 24.0 Å². The molecule has 146 valence electrons. The maximum Gasteiger partial charge on any atom is 0.409 e. The number of halogens is 1. The van der Waals surface area contributed by atoms with E-state index in [4.69, 9.17) is 10.5 Å². The summed E-state index contributed by atoms with van der Waals surface area (Å²) in [6.45, 7) is 10.5. The predicted molar refractivity (Wildman–Crippen MR) is 116 cm³/mol. The number of likely N-dealkylation sites (tertiary alicyclic amines) is 1. The van der Waals surface area contributed by atoms with E-state index in [0.29, 0.717) is 32.2 Å². The Morgan fingerprint density at radius 2 is 1.85 bits per heavy atom. The molecule has 0 bridgehead atoms. The van der Waals surface area contributed by atoms with Crippen LogP contribution in [0, 0.1) is 20.8 Å².